The van der Waals surface area contributed by atoms with Crippen molar-refractivity contribution in [2.24, 2.45) is 5.92 Å². The lowest BCUT2D eigenvalue weighted by molar-refractivity contribution is 0.0852. The van der Waals surface area contributed by atoms with Gasteiger partial charge in [-0.25, -0.2) is 9.97 Å². The fraction of sp³-hybridized carbons (Fsp3) is 0.400. The fourth-order valence-corrected chi connectivity index (χ4v) is 2.65. The number of anilines is 1. The second kappa shape index (κ2) is 5.17. The second-order valence-electron chi connectivity index (χ2n) is 5.44. The van der Waals surface area contributed by atoms with E-state index in [9.17, 15) is 4.79 Å². The molecule has 0 amide bonds. The Bertz CT molecular complexity index is 647. The number of likely N-dealkylation sites (tertiary alicyclic amines) is 1. The molecule has 20 heavy (non-hydrogen) atoms. The van der Waals surface area contributed by atoms with E-state index in [1.54, 1.807) is 18.3 Å². The average molecular weight is 270 g/mol. The smallest absolute Gasteiger partial charge is 0.184 e. The summed E-state index contributed by atoms with van der Waals surface area (Å²) >= 11 is 0. The summed E-state index contributed by atoms with van der Waals surface area (Å²) in [6, 6.07) is 5.39. The maximum absolute atomic E-state index is 12.5. The van der Waals surface area contributed by atoms with E-state index in [4.69, 9.17) is 5.73 Å². The maximum Gasteiger partial charge on any atom is 0.184 e. The molecule has 0 bridgehead atoms. The largest absolute Gasteiger partial charge is 0.384 e. The molecule has 3 rings (SSSR count). The van der Waals surface area contributed by atoms with Crippen molar-refractivity contribution in [1.82, 2.24) is 14.9 Å². The molecule has 0 spiro atoms. The summed E-state index contributed by atoms with van der Waals surface area (Å²) in [5.74, 6) is 0.666. The van der Waals surface area contributed by atoms with Gasteiger partial charge in [0, 0.05) is 23.6 Å². The Labute approximate surface area is 117 Å². The van der Waals surface area contributed by atoms with Gasteiger partial charge in [0.05, 0.1) is 5.52 Å². The Morgan fingerprint density at radius 3 is 2.85 bits per heavy atom. The Hall–Kier alpha value is -2.01. The molecule has 1 saturated heterocycles. The number of carbonyl (C=O) groups is 1. The first-order valence-electron chi connectivity index (χ1n) is 6.88. The number of carbonyl (C=O) groups excluding carboxylic acids is 1. The Morgan fingerprint density at radius 1 is 1.35 bits per heavy atom. The Kier molecular flexibility index (Phi) is 3.36. The molecule has 1 aliphatic rings. The third-order valence-corrected chi connectivity index (χ3v) is 3.94. The van der Waals surface area contributed by atoms with E-state index in [1.165, 1.54) is 0 Å². The lowest BCUT2D eigenvalue weighted by Crippen LogP contribution is -2.33. The van der Waals surface area contributed by atoms with E-state index < -0.39 is 0 Å². The van der Waals surface area contributed by atoms with Gasteiger partial charge in [0.15, 0.2) is 5.78 Å². The molecule has 2 aromatic rings. The number of nitrogens with two attached hydrogens (primary N) is 1. The number of rotatable bonds is 2. The van der Waals surface area contributed by atoms with Gasteiger partial charge < -0.3 is 10.6 Å². The quantitative estimate of drug-likeness (QED) is 0.841. The molecule has 5 nitrogen and oxygen atoms in total. The Morgan fingerprint density at radius 2 is 2.10 bits per heavy atom. The van der Waals surface area contributed by atoms with Crippen LogP contribution in [0.2, 0.25) is 0 Å². The lowest BCUT2D eigenvalue weighted by atomic mass is 9.91. The third-order valence-electron chi connectivity index (χ3n) is 3.94. The number of hydrogen-bond donors (Lipinski definition) is 1. The molecule has 0 aliphatic carbocycles. The minimum Gasteiger partial charge on any atom is -0.384 e. The van der Waals surface area contributed by atoms with Gasteiger partial charge in [-0.3, -0.25) is 4.79 Å². The van der Waals surface area contributed by atoms with Gasteiger partial charge in [-0.05, 0) is 45.1 Å². The number of pyridine rings is 2. The van der Waals surface area contributed by atoms with Crippen LogP contribution < -0.4 is 5.73 Å². The number of nitrogens with zero attached hydrogens (tertiary/aromatic N) is 3. The van der Waals surface area contributed by atoms with Crippen LogP contribution in [0.3, 0.4) is 0 Å². The highest BCUT2D eigenvalue weighted by molar-refractivity contribution is 5.98. The van der Waals surface area contributed by atoms with Crippen LogP contribution in [0.15, 0.2) is 24.4 Å². The van der Waals surface area contributed by atoms with Gasteiger partial charge in [0.1, 0.15) is 11.5 Å². The van der Waals surface area contributed by atoms with E-state index in [0.29, 0.717) is 11.5 Å². The zero-order valence-electron chi connectivity index (χ0n) is 11.5. The normalized spacial score (nSPS) is 17.4. The molecule has 1 fully saturated rings. The van der Waals surface area contributed by atoms with E-state index in [2.05, 4.69) is 21.9 Å². The van der Waals surface area contributed by atoms with Crippen molar-refractivity contribution in [3.8, 4) is 0 Å². The van der Waals surface area contributed by atoms with E-state index in [-0.39, 0.29) is 11.7 Å². The summed E-state index contributed by atoms with van der Waals surface area (Å²) in [5.41, 5.74) is 6.94. The van der Waals surface area contributed by atoms with Crippen LogP contribution in [0.5, 0.6) is 0 Å². The number of ketones is 1. The highest BCUT2D eigenvalue weighted by Crippen LogP contribution is 2.22. The molecule has 0 aromatic carbocycles. The topological polar surface area (TPSA) is 72.1 Å². The molecular formula is C15H18N4O. The summed E-state index contributed by atoms with van der Waals surface area (Å²) in [6.07, 6.45) is 3.50. The summed E-state index contributed by atoms with van der Waals surface area (Å²) in [7, 11) is 2.09. The predicted octanol–water partition coefficient (Wildman–Crippen LogP) is 1.74. The number of nitrogen functional groups attached to an aromatic ring is 1. The fourth-order valence-electron chi connectivity index (χ4n) is 2.65. The van der Waals surface area contributed by atoms with E-state index in [0.717, 1.165) is 36.8 Å². The molecule has 3 heterocycles. The van der Waals surface area contributed by atoms with Crippen molar-refractivity contribution >= 4 is 22.5 Å². The van der Waals surface area contributed by atoms with Crippen LogP contribution in [0, 0.1) is 5.92 Å². The van der Waals surface area contributed by atoms with Gasteiger partial charge in [-0.1, -0.05) is 0 Å². The highest BCUT2D eigenvalue weighted by Gasteiger charge is 2.25. The van der Waals surface area contributed by atoms with Crippen molar-refractivity contribution in [3.63, 3.8) is 0 Å². The van der Waals surface area contributed by atoms with Gasteiger partial charge in [0.2, 0.25) is 0 Å². The minimum absolute atomic E-state index is 0.0929. The van der Waals surface area contributed by atoms with Gasteiger partial charge >= 0.3 is 0 Å². The molecule has 2 N–H and O–H groups in total. The zero-order valence-corrected chi connectivity index (χ0v) is 11.5. The molecule has 0 saturated carbocycles. The summed E-state index contributed by atoms with van der Waals surface area (Å²) in [5, 5.41) is 0.902. The summed E-state index contributed by atoms with van der Waals surface area (Å²) in [4.78, 5) is 23.2. The number of piperidine rings is 1. The highest BCUT2D eigenvalue weighted by atomic mass is 16.1. The minimum atomic E-state index is 0.0929. The predicted molar refractivity (Wildman–Crippen MR) is 78.5 cm³/mol. The monoisotopic (exact) mass is 270 g/mol. The van der Waals surface area contributed by atoms with Gasteiger partial charge in [-0.2, -0.15) is 0 Å². The summed E-state index contributed by atoms with van der Waals surface area (Å²) < 4.78 is 0. The Balaban J connectivity index is 1.87. The zero-order chi connectivity index (χ0) is 14.1. The molecule has 5 heteroatoms. The van der Waals surface area contributed by atoms with E-state index >= 15 is 0 Å². The number of aromatic nitrogens is 2. The second-order valence-corrected chi connectivity index (χ2v) is 5.44. The van der Waals surface area contributed by atoms with Crippen molar-refractivity contribution < 1.29 is 4.79 Å². The number of hydrogen-bond acceptors (Lipinski definition) is 5. The molecular weight excluding hydrogens is 252 g/mol. The average Bonchev–Trinajstić information content (AvgIpc) is 2.46. The van der Waals surface area contributed by atoms with Crippen molar-refractivity contribution in [3.05, 3.63) is 30.1 Å². The lowest BCUT2D eigenvalue weighted by Gasteiger charge is -2.27. The standard InChI is InChI=1S/C15H18N4O/c1-19-6-4-10(5-7-19)15(20)12-3-2-11-9-17-14(16)8-13(11)18-12/h2-3,8-10H,4-7H2,1H3,(H2,16,17). The molecule has 0 radical (unpaired) electrons. The molecule has 2 aromatic heterocycles. The molecule has 104 valence electrons. The van der Waals surface area contributed by atoms with Gasteiger partial charge in [0.25, 0.3) is 0 Å². The van der Waals surface area contributed by atoms with Crippen molar-refractivity contribution in [2.75, 3.05) is 25.9 Å². The van der Waals surface area contributed by atoms with E-state index in [1.807, 2.05) is 6.07 Å². The van der Waals surface area contributed by atoms with Gasteiger partial charge in [-0.15, -0.1) is 0 Å². The van der Waals surface area contributed by atoms with Crippen molar-refractivity contribution in [1.29, 1.82) is 0 Å². The molecule has 0 atom stereocenters. The van der Waals surface area contributed by atoms with Crippen LogP contribution in [-0.4, -0.2) is 40.8 Å². The molecule has 0 unspecified atom stereocenters. The van der Waals surface area contributed by atoms with Crippen LogP contribution in [0.1, 0.15) is 23.3 Å². The SMILES string of the molecule is CN1CCC(C(=O)c2ccc3cnc(N)cc3n2)CC1. The van der Waals surface area contributed by atoms with Crippen LogP contribution in [0.25, 0.3) is 10.9 Å². The molecule has 1 aliphatic heterocycles. The first kappa shape index (κ1) is 13.0. The maximum atomic E-state index is 12.5. The first-order chi connectivity index (χ1) is 9.63. The number of Topliss-reactive ketones (excluding diaryl/α,β-unsaturated/α-hetero) is 1. The van der Waals surface area contributed by atoms with Crippen LogP contribution >= 0.6 is 0 Å². The third kappa shape index (κ3) is 2.49. The number of fused-ring (bicyclic) bond motifs is 1. The summed E-state index contributed by atoms with van der Waals surface area (Å²) in [6.45, 7) is 1.95. The van der Waals surface area contributed by atoms with Crippen LogP contribution in [0.4, 0.5) is 5.82 Å². The first-order valence-corrected chi connectivity index (χ1v) is 6.88. The van der Waals surface area contributed by atoms with Crippen LogP contribution in [-0.2, 0) is 0 Å². The van der Waals surface area contributed by atoms with Crippen molar-refractivity contribution in [2.45, 2.75) is 12.8 Å².